The van der Waals surface area contributed by atoms with Gasteiger partial charge < -0.3 is 39.3 Å². The van der Waals surface area contributed by atoms with Crippen LogP contribution in [0.1, 0.15) is 0 Å². The normalized spacial score (nSPS) is 8.81. The standard InChI is InChI=1S/2C9H9N3.C6H8N2.3ClH.Os/c2*1-12-7-6-11-9(12)8-4-2-3-5-10-8;1-7-6-2-4-8-5-3-6;;;;/h2*2-7H,1H3;2-5H,1H3,(H,7,8);3*1H;/q;;;;;;+1/p-3. The summed E-state index contributed by atoms with van der Waals surface area (Å²) in [5.74, 6) is 1.80. The van der Waals surface area contributed by atoms with Crippen LogP contribution in [0.4, 0.5) is 5.69 Å². The number of rotatable bonds is 3. The Bertz CT molecular complexity index is 1110. The fourth-order valence-corrected chi connectivity index (χ4v) is 2.73. The van der Waals surface area contributed by atoms with Gasteiger partial charge in [-0.1, -0.05) is 12.1 Å². The van der Waals surface area contributed by atoms with Crippen LogP contribution in [-0.2, 0) is 31.7 Å². The van der Waals surface area contributed by atoms with E-state index in [0.717, 1.165) is 28.7 Å². The summed E-state index contributed by atoms with van der Waals surface area (Å²) in [5, 5.41) is 2.99. The van der Waals surface area contributed by atoms with Crippen molar-refractivity contribution in [3.8, 4) is 23.0 Å². The molecule has 0 atom stereocenters. The number of nitrogens with one attached hydrogen (secondary N) is 1. The molecule has 0 bridgehead atoms. The van der Waals surface area contributed by atoms with Crippen molar-refractivity contribution >= 4 is 15.3 Å². The molecule has 5 aromatic heterocycles. The van der Waals surface area contributed by atoms with E-state index in [-0.39, 0.29) is 24.8 Å². The molecule has 0 aliphatic carbocycles. The van der Waals surface area contributed by atoms with Crippen LogP contribution in [0.3, 0.4) is 0 Å². The van der Waals surface area contributed by atoms with E-state index in [1.54, 1.807) is 37.2 Å². The number of imidazole rings is 2. The topological polar surface area (TPSA) is 86.3 Å². The van der Waals surface area contributed by atoms with E-state index in [0.29, 0.717) is 0 Å². The third-order valence-corrected chi connectivity index (χ3v) is 4.40. The van der Waals surface area contributed by atoms with E-state index in [4.69, 9.17) is 0 Å². The molecule has 0 saturated heterocycles. The van der Waals surface area contributed by atoms with Gasteiger partial charge in [0.2, 0.25) is 0 Å². The van der Waals surface area contributed by atoms with Gasteiger partial charge in [0.15, 0.2) is 11.6 Å². The number of anilines is 1. The Morgan fingerprint density at radius 1 is 0.639 bits per heavy atom. The van der Waals surface area contributed by atoms with Gasteiger partial charge in [-0.25, -0.2) is 9.97 Å². The number of aromatic nitrogens is 7. The molecule has 0 amide bonds. The van der Waals surface area contributed by atoms with Gasteiger partial charge in [-0.3, -0.25) is 15.0 Å². The predicted molar refractivity (Wildman–Crippen MR) is 133 cm³/mol. The van der Waals surface area contributed by atoms with E-state index in [1.807, 2.05) is 91.2 Å². The van der Waals surface area contributed by atoms with E-state index < -0.39 is 0 Å². The molecule has 0 unspecified atom stereocenters. The predicted octanol–water partition coefficient (Wildman–Crippen LogP) is -1.22. The molecular formula is C24H26Cl3N8Os-2. The van der Waals surface area contributed by atoms with E-state index in [9.17, 15) is 0 Å². The monoisotopic (exact) mass is 723 g/mol. The van der Waals surface area contributed by atoms with Gasteiger partial charge in [-0.05, 0) is 36.4 Å². The van der Waals surface area contributed by atoms with Gasteiger partial charge >= 0.3 is 27.2 Å². The Kier molecular flexibility index (Phi) is 17.9. The number of pyridine rings is 3. The van der Waals surface area contributed by atoms with Gasteiger partial charge in [-0.15, -0.1) is 0 Å². The van der Waals surface area contributed by atoms with Crippen LogP contribution in [0.25, 0.3) is 23.0 Å². The molecular weight excluding hydrogens is 697 g/mol. The van der Waals surface area contributed by atoms with Crippen molar-refractivity contribution in [1.29, 1.82) is 0 Å². The van der Waals surface area contributed by atoms with Crippen LogP contribution >= 0.6 is 9.64 Å². The first-order chi connectivity index (χ1) is 16.7. The molecule has 0 spiro atoms. The Morgan fingerprint density at radius 3 is 1.36 bits per heavy atom. The Labute approximate surface area is 238 Å². The molecule has 36 heavy (non-hydrogen) atoms. The summed E-state index contributed by atoms with van der Waals surface area (Å²) in [6, 6.07) is 15.4. The summed E-state index contributed by atoms with van der Waals surface area (Å²) < 4.78 is 3.89. The number of hydrogen-bond acceptors (Lipinski definition) is 6. The fourth-order valence-electron chi connectivity index (χ4n) is 2.73. The summed E-state index contributed by atoms with van der Waals surface area (Å²) in [5.41, 5.74) is 2.91. The first-order valence-electron chi connectivity index (χ1n) is 10.2. The Hall–Kier alpha value is -2.82. The average Bonchev–Trinajstić information content (AvgIpc) is 3.55. The van der Waals surface area contributed by atoms with Gasteiger partial charge in [0.05, 0.1) is 0 Å². The van der Waals surface area contributed by atoms with Crippen molar-refractivity contribution in [3.05, 3.63) is 98.1 Å². The number of aryl methyl sites for hydroxylation is 2. The van der Waals surface area contributed by atoms with Gasteiger partial charge in [0, 0.05) is 76.4 Å². The summed E-state index contributed by atoms with van der Waals surface area (Å²) in [4.78, 5) is 20.6. The molecule has 5 heterocycles. The van der Waals surface area contributed by atoms with Gasteiger partial charge in [-0.2, -0.15) is 0 Å². The zero-order valence-corrected chi connectivity index (χ0v) is 24.7. The number of halogens is 3. The van der Waals surface area contributed by atoms with Crippen LogP contribution in [-0.4, -0.2) is 41.1 Å². The van der Waals surface area contributed by atoms with E-state index in [1.165, 1.54) is 17.6 Å². The van der Waals surface area contributed by atoms with Crippen molar-refractivity contribution in [2.24, 2.45) is 14.1 Å². The molecule has 5 aromatic rings. The Balaban J connectivity index is 0.000000489. The number of hydrogen-bond donors (Lipinski definition) is 1. The van der Waals surface area contributed by atoms with Crippen molar-refractivity contribution in [1.82, 2.24) is 34.1 Å². The molecule has 8 nitrogen and oxygen atoms in total. The second-order valence-electron chi connectivity index (χ2n) is 6.64. The third-order valence-electron chi connectivity index (χ3n) is 4.40. The molecule has 0 aromatic carbocycles. The zero-order chi connectivity index (χ0) is 24.6. The molecule has 1 N–H and O–H groups in total. The minimum absolute atomic E-state index is 0. The van der Waals surface area contributed by atoms with Crippen LogP contribution in [0.5, 0.6) is 0 Å². The maximum absolute atomic E-state index is 4.67. The van der Waals surface area contributed by atoms with Gasteiger partial charge in [0.25, 0.3) is 0 Å². The van der Waals surface area contributed by atoms with Crippen LogP contribution in [0.2, 0.25) is 0 Å². The second kappa shape index (κ2) is 19.4. The first-order valence-corrected chi connectivity index (χ1v) is 13.3. The molecule has 0 saturated carbocycles. The van der Waals surface area contributed by atoms with Crippen molar-refractivity contribution in [2.45, 2.75) is 0 Å². The molecule has 0 radical (unpaired) electrons. The molecule has 5 rings (SSSR count). The molecule has 12 heteroatoms. The summed E-state index contributed by atoms with van der Waals surface area (Å²) >= 11 is 1.33. The first kappa shape index (κ1) is 33.2. The molecule has 0 fully saturated rings. The van der Waals surface area contributed by atoms with Crippen molar-refractivity contribution in [3.63, 3.8) is 0 Å². The molecule has 193 valence electrons. The zero-order valence-electron chi connectivity index (χ0n) is 19.9. The third kappa shape index (κ3) is 10.8. The quantitative estimate of drug-likeness (QED) is 0.252. The second-order valence-corrected chi connectivity index (χ2v) is 6.64. The van der Waals surface area contributed by atoms with Crippen molar-refractivity contribution < 1.29 is 42.4 Å². The SMILES string of the molecule is CNc1ccncc1.Cn1ccnc1-c1ccccn1.Cn1ccnc1-c1ccccn1.[Cl-].[Cl-].[Cl][Os]. The summed E-state index contributed by atoms with van der Waals surface area (Å²) in [7, 11) is 10.5. The van der Waals surface area contributed by atoms with Crippen LogP contribution in [0.15, 0.2) is 98.1 Å². The van der Waals surface area contributed by atoms with Crippen LogP contribution < -0.4 is 30.1 Å². The Morgan fingerprint density at radius 2 is 1.08 bits per heavy atom. The average molecular weight is 723 g/mol. The molecule has 0 aliphatic rings. The fraction of sp³-hybridized carbons (Fsp3) is 0.125. The number of nitrogens with zero attached hydrogens (tertiary/aromatic N) is 7. The van der Waals surface area contributed by atoms with Gasteiger partial charge in [0.1, 0.15) is 11.4 Å². The summed E-state index contributed by atoms with van der Waals surface area (Å²) in [6.07, 6.45) is 14.4. The van der Waals surface area contributed by atoms with E-state index in [2.05, 4.69) is 39.9 Å². The minimum atomic E-state index is 0. The molecule has 0 aliphatic heterocycles. The maximum atomic E-state index is 4.67. The van der Waals surface area contributed by atoms with E-state index >= 15 is 0 Å². The van der Waals surface area contributed by atoms with Crippen LogP contribution in [0, 0.1) is 0 Å². The summed E-state index contributed by atoms with van der Waals surface area (Å²) in [6.45, 7) is 0. The van der Waals surface area contributed by atoms with Crippen molar-refractivity contribution in [2.75, 3.05) is 12.4 Å².